The van der Waals surface area contributed by atoms with E-state index in [0.29, 0.717) is 4.80 Å². The smallest absolute Gasteiger partial charge is 0.305 e. The number of hydrogen-bond donors (Lipinski definition) is 4. The van der Waals surface area contributed by atoms with Crippen LogP contribution in [0.25, 0.3) is 0 Å². The molecule has 1 saturated heterocycles. The molecule has 0 amide bonds. The van der Waals surface area contributed by atoms with Crippen molar-refractivity contribution in [3.8, 4) is 0 Å². The third-order valence-electron chi connectivity index (χ3n) is 2.72. The van der Waals surface area contributed by atoms with Gasteiger partial charge in [-0.05, 0) is 20.9 Å². The number of aromatic nitrogens is 5. The Kier molecular flexibility index (Phi) is 4.20. The van der Waals surface area contributed by atoms with Crippen LogP contribution >= 0.6 is 0 Å². The minimum absolute atomic E-state index is 0.628. The molecule has 2 heterocycles. The molecule has 6 atom stereocenters. The van der Waals surface area contributed by atoms with E-state index < -0.39 is 42.9 Å². The molecular formula is C8H13N5O7. The van der Waals surface area contributed by atoms with E-state index in [1.54, 1.807) is 0 Å². The Morgan fingerprint density at radius 1 is 1.20 bits per heavy atom. The number of nitrogens with zero attached hydrogens (tertiary/aromatic N) is 5. The standard InChI is InChI=1S/C8H13N5O7/c1-2(14)19-8-5(17)3(15)4(16)6(20-8)7(18)13-11-9-10-12-13/h3-8,15-18H,1H3/t3-,4-,5+,6-,7?,8+/m0/s1. The van der Waals surface area contributed by atoms with Crippen molar-refractivity contribution in [2.45, 2.75) is 43.9 Å². The molecule has 1 fully saturated rings. The highest BCUT2D eigenvalue weighted by atomic mass is 16.7. The Hall–Kier alpha value is -1.73. The van der Waals surface area contributed by atoms with Crippen molar-refractivity contribution in [3.05, 3.63) is 0 Å². The van der Waals surface area contributed by atoms with E-state index in [2.05, 4.69) is 25.6 Å². The number of carbonyl (C=O) groups excluding carboxylic acids is 1. The maximum atomic E-state index is 10.9. The summed E-state index contributed by atoms with van der Waals surface area (Å²) < 4.78 is 9.71. The molecular weight excluding hydrogens is 278 g/mol. The first-order valence-corrected chi connectivity index (χ1v) is 5.57. The van der Waals surface area contributed by atoms with Crippen molar-refractivity contribution >= 4 is 5.97 Å². The summed E-state index contributed by atoms with van der Waals surface area (Å²) in [4.78, 5) is 11.5. The number of hydrogen-bond acceptors (Lipinski definition) is 11. The Labute approximate surface area is 111 Å². The second kappa shape index (κ2) is 5.72. The van der Waals surface area contributed by atoms with Crippen molar-refractivity contribution in [2.24, 2.45) is 0 Å². The molecule has 2 rings (SSSR count). The van der Waals surface area contributed by atoms with Gasteiger partial charge in [0.2, 0.25) is 6.29 Å². The monoisotopic (exact) mass is 291 g/mol. The third kappa shape index (κ3) is 2.73. The topological polar surface area (TPSA) is 173 Å². The van der Waals surface area contributed by atoms with Gasteiger partial charge in [0.1, 0.15) is 24.4 Å². The summed E-state index contributed by atoms with van der Waals surface area (Å²) in [6.07, 6.45) is -9.71. The first kappa shape index (κ1) is 14.7. The molecule has 1 aromatic heterocycles. The van der Waals surface area contributed by atoms with Crippen LogP contribution in [0.3, 0.4) is 0 Å². The van der Waals surface area contributed by atoms with Gasteiger partial charge in [0.25, 0.3) is 0 Å². The van der Waals surface area contributed by atoms with Crippen LogP contribution in [0.2, 0.25) is 0 Å². The van der Waals surface area contributed by atoms with Gasteiger partial charge < -0.3 is 29.9 Å². The summed E-state index contributed by atoms with van der Waals surface area (Å²) in [6, 6.07) is 0. The van der Waals surface area contributed by atoms with Crippen molar-refractivity contribution < 1.29 is 34.7 Å². The van der Waals surface area contributed by atoms with Gasteiger partial charge in [0.05, 0.1) is 0 Å². The number of aliphatic hydroxyl groups excluding tert-OH is 4. The molecule has 1 unspecified atom stereocenters. The number of aliphatic hydroxyl groups is 4. The number of ether oxygens (including phenoxy) is 2. The Morgan fingerprint density at radius 3 is 2.35 bits per heavy atom. The van der Waals surface area contributed by atoms with E-state index >= 15 is 0 Å². The van der Waals surface area contributed by atoms with Crippen LogP contribution in [-0.2, 0) is 14.3 Å². The van der Waals surface area contributed by atoms with Crippen molar-refractivity contribution in [3.63, 3.8) is 0 Å². The van der Waals surface area contributed by atoms with Gasteiger partial charge in [-0.1, -0.05) is 0 Å². The molecule has 0 bridgehead atoms. The van der Waals surface area contributed by atoms with E-state index in [9.17, 15) is 25.2 Å². The minimum Gasteiger partial charge on any atom is -0.433 e. The first-order chi connectivity index (χ1) is 9.41. The molecule has 1 aliphatic heterocycles. The third-order valence-corrected chi connectivity index (χ3v) is 2.72. The van der Waals surface area contributed by atoms with Crippen molar-refractivity contribution in [2.75, 3.05) is 0 Å². The van der Waals surface area contributed by atoms with Gasteiger partial charge in [-0.25, -0.2) is 0 Å². The largest absolute Gasteiger partial charge is 0.433 e. The zero-order chi connectivity index (χ0) is 14.9. The Bertz CT molecular complexity index is 456. The van der Waals surface area contributed by atoms with Crippen LogP contribution in [-0.4, -0.2) is 82.8 Å². The van der Waals surface area contributed by atoms with Gasteiger partial charge in [-0.15, -0.1) is 4.80 Å². The highest BCUT2D eigenvalue weighted by molar-refractivity contribution is 5.66. The minimum atomic E-state index is -1.70. The van der Waals surface area contributed by atoms with Crippen molar-refractivity contribution in [1.82, 2.24) is 25.7 Å². The molecule has 1 aliphatic rings. The van der Waals surface area contributed by atoms with Crippen LogP contribution in [0.5, 0.6) is 0 Å². The molecule has 12 nitrogen and oxygen atoms in total. The lowest BCUT2D eigenvalue weighted by Gasteiger charge is -2.40. The van der Waals surface area contributed by atoms with Crippen LogP contribution in [0.1, 0.15) is 13.2 Å². The second-order valence-corrected chi connectivity index (χ2v) is 4.14. The normalized spacial score (nSPS) is 35.5. The SMILES string of the molecule is CC(=O)O[C@@H]1O[C@H](C(O)n2nnnn2)[C@@H](O)[C@H](O)[C@H]1O. The summed E-state index contributed by atoms with van der Waals surface area (Å²) in [5.74, 6) is -0.772. The second-order valence-electron chi connectivity index (χ2n) is 4.14. The molecule has 20 heavy (non-hydrogen) atoms. The van der Waals surface area contributed by atoms with Gasteiger partial charge in [-0.3, -0.25) is 4.79 Å². The van der Waals surface area contributed by atoms with Crippen LogP contribution < -0.4 is 0 Å². The van der Waals surface area contributed by atoms with Crippen molar-refractivity contribution in [1.29, 1.82) is 0 Å². The van der Waals surface area contributed by atoms with Crippen LogP contribution in [0.4, 0.5) is 0 Å². The summed E-state index contributed by atoms with van der Waals surface area (Å²) in [5, 5.41) is 51.9. The molecule has 112 valence electrons. The summed E-state index contributed by atoms with van der Waals surface area (Å²) in [5.41, 5.74) is 0. The lowest BCUT2D eigenvalue weighted by atomic mass is 9.98. The fraction of sp³-hybridized carbons (Fsp3) is 0.875. The number of rotatable bonds is 3. The van der Waals surface area contributed by atoms with Crippen LogP contribution in [0.15, 0.2) is 0 Å². The predicted molar refractivity (Wildman–Crippen MR) is 55.3 cm³/mol. The molecule has 12 heteroatoms. The highest BCUT2D eigenvalue weighted by Gasteiger charge is 2.48. The van der Waals surface area contributed by atoms with E-state index in [4.69, 9.17) is 4.74 Å². The lowest BCUT2D eigenvalue weighted by Crippen LogP contribution is -2.60. The van der Waals surface area contributed by atoms with Crippen LogP contribution in [0, 0.1) is 0 Å². The van der Waals surface area contributed by atoms with E-state index in [-0.39, 0.29) is 0 Å². The molecule has 1 aromatic rings. The Morgan fingerprint density at radius 2 is 1.80 bits per heavy atom. The molecule has 0 spiro atoms. The molecule has 0 saturated carbocycles. The lowest BCUT2D eigenvalue weighted by molar-refractivity contribution is -0.309. The van der Waals surface area contributed by atoms with Gasteiger partial charge in [0.15, 0.2) is 6.23 Å². The summed E-state index contributed by atoms with van der Waals surface area (Å²) >= 11 is 0. The molecule has 4 N–H and O–H groups in total. The highest BCUT2D eigenvalue weighted by Crippen LogP contribution is 2.27. The molecule has 0 aromatic carbocycles. The quantitative estimate of drug-likeness (QED) is 0.399. The average molecular weight is 291 g/mol. The van der Waals surface area contributed by atoms with Gasteiger partial charge in [0, 0.05) is 6.92 Å². The fourth-order valence-electron chi connectivity index (χ4n) is 1.75. The predicted octanol–water partition coefficient (Wildman–Crippen LogP) is -4.07. The van der Waals surface area contributed by atoms with Gasteiger partial charge >= 0.3 is 5.97 Å². The van der Waals surface area contributed by atoms with E-state index in [1.807, 2.05) is 0 Å². The molecule has 0 radical (unpaired) electrons. The fourth-order valence-corrected chi connectivity index (χ4v) is 1.75. The number of esters is 1. The molecule has 0 aliphatic carbocycles. The maximum absolute atomic E-state index is 10.9. The zero-order valence-electron chi connectivity index (χ0n) is 10.2. The Balaban J connectivity index is 2.17. The first-order valence-electron chi connectivity index (χ1n) is 5.57. The van der Waals surface area contributed by atoms with Gasteiger partial charge in [-0.2, -0.15) is 0 Å². The zero-order valence-corrected chi connectivity index (χ0v) is 10.2. The average Bonchev–Trinajstić information content (AvgIpc) is 2.92. The number of carbonyl (C=O) groups is 1. The maximum Gasteiger partial charge on any atom is 0.305 e. The van der Waals surface area contributed by atoms with E-state index in [0.717, 1.165) is 6.92 Å². The summed E-state index contributed by atoms with van der Waals surface area (Å²) in [6.45, 7) is 1.07. The summed E-state index contributed by atoms with van der Waals surface area (Å²) in [7, 11) is 0. The van der Waals surface area contributed by atoms with E-state index in [1.165, 1.54) is 0 Å².